The van der Waals surface area contributed by atoms with E-state index in [1.54, 1.807) is 6.92 Å². The Labute approximate surface area is 109 Å². The lowest BCUT2D eigenvalue weighted by atomic mass is 10.1. The molecule has 0 aliphatic carbocycles. The number of ketones is 1. The highest BCUT2D eigenvalue weighted by atomic mass is 16.5. The van der Waals surface area contributed by atoms with E-state index in [0.717, 1.165) is 30.0 Å². The van der Waals surface area contributed by atoms with Gasteiger partial charge in [0, 0.05) is 12.3 Å². The molecule has 4 heteroatoms. The minimum Gasteiger partial charge on any atom is -0.380 e. The third-order valence-corrected chi connectivity index (χ3v) is 3.02. The van der Waals surface area contributed by atoms with E-state index in [1.807, 2.05) is 18.5 Å². The Kier molecular flexibility index (Phi) is 5.54. The number of carbonyl (C=O) groups is 1. The molecule has 0 saturated heterocycles. The van der Waals surface area contributed by atoms with Gasteiger partial charge in [0.2, 0.25) is 0 Å². The molecule has 4 nitrogen and oxygen atoms in total. The monoisotopic (exact) mass is 252 g/mol. The highest BCUT2D eigenvalue weighted by Crippen LogP contribution is 2.13. The second kappa shape index (κ2) is 6.69. The summed E-state index contributed by atoms with van der Waals surface area (Å²) in [6, 6.07) is 0. The highest BCUT2D eigenvalue weighted by Gasteiger charge is 2.14. The van der Waals surface area contributed by atoms with E-state index < -0.39 is 0 Å². The lowest BCUT2D eigenvalue weighted by Crippen LogP contribution is -2.11. The Morgan fingerprint density at radius 1 is 1.33 bits per heavy atom. The molecule has 0 saturated carbocycles. The van der Waals surface area contributed by atoms with Crippen molar-refractivity contribution in [1.29, 1.82) is 0 Å². The van der Waals surface area contributed by atoms with Crippen LogP contribution in [0.3, 0.4) is 0 Å². The van der Waals surface area contributed by atoms with Gasteiger partial charge in [-0.1, -0.05) is 13.8 Å². The van der Waals surface area contributed by atoms with E-state index in [-0.39, 0.29) is 5.78 Å². The van der Waals surface area contributed by atoms with Gasteiger partial charge in [0.1, 0.15) is 0 Å². The molecule has 0 spiro atoms. The van der Waals surface area contributed by atoms with E-state index in [0.29, 0.717) is 19.1 Å². The van der Waals surface area contributed by atoms with E-state index in [4.69, 9.17) is 4.74 Å². The van der Waals surface area contributed by atoms with Crippen molar-refractivity contribution in [3.05, 3.63) is 17.0 Å². The lowest BCUT2D eigenvalue weighted by Gasteiger charge is -2.07. The van der Waals surface area contributed by atoms with E-state index in [1.165, 1.54) is 0 Å². The van der Waals surface area contributed by atoms with Crippen LogP contribution in [-0.2, 0) is 11.3 Å². The van der Waals surface area contributed by atoms with Crippen LogP contribution in [-0.4, -0.2) is 28.8 Å². The largest absolute Gasteiger partial charge is 0.380 e. The standard InChI is InChI=1S/C14H24N2O2/c1-10(2)6-8-18-9-7-16-12(4)14(13(5)17)11(3)15-16/h10H,6-9H2,1-5H3. The molecule has 0 N–H and O–H groups in total. The number of ether oxygens (including phenoxy) is 1. The Hall–Kier alpha value is -1.16. The van der Waals surface area contributed by atoms with E-state index >= 15 is 0 Å². The van der Waals surface area contributed by atoms with Gasteiger partial charge in [0.15, 0.2) is 5.78 Å². The van der Waals surface area contributed by atoms with Gasteiger partial charge in [-0.05, 0) is 33.1 Å². The van der Waals surface area contributed by atoms with Crippen molar-refractivity contribution < 1.29 is 9.53 Å². The summed E-state index contributed by atoms with van der Waals surface area (Å²) in [5.74, 6) is 0.750. The molecule has 0 aliphatic heterocycles. The first-order valence-electron chi connectivity index (χ1n) is 6.56. The molecule has 0 bridgehead atoms. The molecular weight excluding hydrogens is 228 g/mol. The number of carbonyl (C=O) groups excluding carboxylic acids is 1. The van der Waals surface area contributed by atoms with Crippen LogP contribution in [0.4, 0.5) is 0 Å². The first-order valence-corrected chi connectivity index (χ1v) is 6.56. The maximum Gasteiger partial charge on any atom is 0.163 e. The Bertz CT molecular complexity index is 408. The molecule has 1 aromatic rings. The van der Waals surface area contributed by atoms with Crippen molar-refractivity contribution in [2.45, 2.75) is 47.6 Å². The number of aromatic nitrogens is 2. The molecule has 0 radical (unpaired) electrons. The summed E-state index contributed by atoms with van der Waals surface area (Å²) in [6.07, 6.45) is 1.08. The van der Waals surface area contributed by atoms with Gasteiger partial charge < -0.3 is 4.74 Å². The van der Waals surface area contributed by atoms with Crippen LogP contribution in [0.2, 0.25) is 0 Å². The van der Waals surface area contributed by atoms with E-state index in [9.17, 15) is 4.79 Å². The van der Waals surface area contributed by atoms with Crippen molar-refractivity contribution in [3.8, 4) is 0 Å². The fourth-order valence-corrected chi connectivity index (χ4v) is 2.00. The molecule has 1 rings (SSSR count). The molecule has 18 heavy (non-hydrogen) atoms. The highest BCUT2D eigenvalue weighted by molar-refractivity contribution is 5.96. The Morgan fingerprint density at radius 3 is 2.50 bits per heavy atom. The SMILES string of the molecule is CC(=O)c1c(C)nn(CCOCCC(C)C)c1C. The van der Waals surface area contributed by atoms with E-state index in [2.05, 4.69) is 18.9 Å². The quantitative estimate of drug-likeness (QED) is 0.553. The molecule has 0 aromatic carbocycles. The zero-order chi connectivity index (χ0) is 13.7. The van der Waals surface area contributed by atoms with Crippen LogP contribution in [0.15, 0.2) is 0 Å². The van der Waals surface area contributed by atoms with Crippen LogP contribution in [0, 0.1) is 19.8 Å². The average Bonchev–Trinajstić information content (AvgIpc) is 2.53. The molecule has 1 aromatic heterocycles. The average molecular weight is 252 g/mol. The van der Waals surface area contributed by atoms with Gasteiger partial charge in [-0.15, -0.1) is 0 Å². The lowest BCUT2D eigenvalue weighted by molar-refractivity contribution is 0.101. The number of rotatable bonds is 7. The molecule has 0 aliphatic rings. The molecule has 1 heterocycles. The summed E-state index contributed by atoms with van der Waals surface area (Å²) >= 11 is 0. The molecule has 0 atom stereocenters. The van der Waals surface area contributed by atoms with Crippen LogP contribution >= 0.6 is 0 Å². The van der Waals surface area contributed by atoms with Crippen molar-refractivity contribution in [2.24, 2.45) is 5.92 Å². The first kappa shape index (κ1) is 14.9. The van der Waals surface area contributed by atoms with Gasteiger partial charge in [-0.3, -0.25) is 9.48 Å². The summed E-state index contributed by atoms with van der Waals surface area (Å²) in [7, 11) is 0. The fraction of sp³-hybridized carbons (Fsp3) is 0.714. The van der Waals surface area contributed by atoms with Crippen molar-refractivity contribution in [2.75, 3.05) is 13.2 Å². The molecule has 0 fully saturated rings. The van der Waals surface area contributed by atoms with Crippen molar-refractivity contribution >= 4 is 5.78 Å². The fourth-order valence-electron chi connectivity index (χ4n) is 2.00. The molecule has 0 unspecified atom stereocenters. The third kappa shape index (κ3) is 3.95. The smallest absolute Gasteiger partial charge is 0.163 e. The minimum atomic E-state index is 0.0805. The van der Waals surface area contributed by atoms with Crippen molar-refractivity contribution in [3.63, 3.8) is 0 Å². The van der Waals surface area contributed by atoms with Gasteiger partial charge in [-0.2, -0.15) is 5.10 Å². The Balaban J connectivity index is 2.48. The van der Waals surface area contributed by atoms with Gasteiger partial charge in [0.05, 0.1) is 24.4 Å². The second-order valence-electron chi connectivity index (χ2n) is 5.12. The van der Waals surface area contributed by atoms with Crippen LogP contribution in [0.5, 0.6) is 0 Å². The minimum absolute atomic E-state index is 0.0805. The predicted molar refractivity (Wildman–Crippen MR) is 72.0 cm³/mol. The van der Waals surface area contributed by atoms with Crippen LogP contribution < -0.4 is 0 Å². The Morgan fingerprint density at radius 2 is 2.00 bits per heavy atom. The molecular formula is C14H24N2O2. The third-order valence-electron chi connectivity index (χ3n) is 3.02. The topological polar surface area (TPSA) is 44.1 Å². The predicted octanol–water partition coefficient (Wildman–Crippen LogP) is 2.77. The number of hydrogen-bond donors (Lipinski definition) is 0. The van der Waals surface area contributed by atoms with Gasteiger partial charge in [0.25, 0.3) is 0 Å². The summed E-state index contributed by atoms with van der Waals surface area (Å²) in [5.41, 5.74) is 2.49. The first-order chi connectivity index (χ1) is 8.43. The van der Waals surface area contributed by atoms with Crippen LogP contribution in [0.25, 0.3) is 0 Å². The van der Waals surface area contributed by atoms with Crippen molar-refractivity contribution in [1.82, 2.24) is 9.78 Å². The number of hydrogen-bond acceptors (Lipinski definition) is 3. The second-order valence-corrected chi connectivity index (χ2v) is 5.12. The van der Waals surface area contributed by atoms with Crippen LogP contribution in [0.1, 0.15) is 48.9 Å². The zero-order valence-corrected chi connectivity index (χ0v) is 12.1. The normalized spacial score (nSPS) is 11.2. The number of aryl methyl sites for hydroxylation is 1. The summed E-state index contributed by atoms with van der Waals surface area (Å²) < 4.78 is 7.43. The molecule has 102 valence electrons. The maximum absolute atomic E-state index is 11.5. The number of Topliss-reactive ketones (excluding diaryl/α,β-unsaturated/α-hetero) is 1. The van der Waals surface area contributed by atoms with Gasteiger partial charge in [-0.25, -0.2) is 0 Å². The summed E-state index contributed by atoms with van der Waals surface area (Å²) in [6.45, 7) is 11.9. The molecule has 0 amide bonds. The summed E-state index contributed by atoms with van der Waals surface area (Å²) in [5, 5.41) is 4.38. The zero-order valence-electron chi connectivity index (χ0n) is 12.1. The maximum atomic E-state index is 11.5. The van der Waals surface area contributed by atoms with Gasteiger partial charge >= 0.3 is 0 Å². The summed E-state index contributed by atoms with van der Waals surface area (Å²) in [4.78, 5) is 11.5. The number of nitrogens with zero attached hydrogens (tertiary/aromatic N) is 2.